The van der Waals surface area contributed by atoms with Crippen LogP contribution in [0.3, 0.4) is 0 Å². The highest BCUT2D eigenvalue weighted by atomic mass is 32.1. The summed E-state index contributed by atoms with van der Waals surface area (Å²) in [5, 5.41) is 1.89. The highest BCUT2D eigenvalue weighted by molar-refractivity contribution is 7.13. The molecule has 0 aliphatic rings. The summed E-state index contributed by atoms with van der Waals surface area (Å²) in [6.07, 6.45) is 0.894. The molecule has 0 bridgehead atoms. The van der Waals surface area contributed by atoms with E-state index < -0.39 is 0 Å². The van der Waals surface area contributed by atoms with Crippen molar-refractivity contribution in [3.05, 3.63) is 46.3 Å². The molecule has 1 aromatic heterocycles. The van der Waals surface area contributed by atoms with Gasteiger partial charge in [-0.15, -0.1) is 11.3 Å². The van der Waals surface area contributed by atoms with E-state index in [4.69, 9.17) is 0 Å². The van der Waals surface area contributed by atoms with Crippen LogP contribution in [0.15, 0.2) is 29.6 Å². The minimum Gasteiger partial charge on any atom is -0.298 e. The van der Waals surface area contributed by atoms with E-state index in [0.717, 1.165) is 11.8 Å². The summed E-state index contributed by atoms with van der Waals surface area (Å²) in [4.78, 5) is 11.8. The Morgan fingerprint density at radius 1 is 1.27 bits per heavy atom. The predicted octanol–water partition coefficient (Wildman–Crippen LogP) is 3.84. The number of aryl methyl sites for hydroxylation is 1. The number of hydrogen-bond acceptors (Lipinski definition) is 2. The van der Waals surface area contributed by atoms with Crippen molar-refractivity contribution < 1.29 is 4.79 Å². The van der Waals surface area contributed by atoms with E-state index in [1.165, 1.54) is 21.6 Å². The Morgan fingerprint density at radius 2 is 2.07 bits per heavy atom. The van der Waals surface area contributed by atoms with Gasteiger partial charge in [0.05, 0.1) is 0 Å². The standard InChI is InChI=1S/C13H12OS/c1-9-4-3-5-12(10(9)2)13-6-11(7-14)8-15-13/h3-8H,1-2H3. The minimum absolute atomic E-state index is 0.760. The molecule has 15 heavy (non-hydrogen) atoms. The van der Waals surface area contributed by atoms with Gasteiger partial charge in [0.25, 0.3) is 0 Å². The molecule has 0 radical (unpaired) electrons. The summed E-state index contributed by atoms with van der Waals surface area (Å²) in [5.74, 6) is 0. The molecule has 0 saturated carbocycles. The molecule has 1 nitrogen and oxygen atoms in total. The second kappa shape index (κ2) is 3.99. The highest BCUT2D eigenvalue weighted by Gasteiger charge is 2.06. The van der Waals surface area contributed by atoms with Crippen LogP contribution in [-0.4, -0.2) is 6.29 Å². The Bertz CT molecular complexity index is 497. The Kier molecular flexibility index (Phi) is 2.69. The first-order valence-electron chi connectivity index (χ1n) is 4.82. The third-order valence-corrected chi connectivity index (χ3v) is 3.61. The second-order valence-corrected chi connectivity index (χ2v) is 4.52. The van der Waals surface area contributed by atoms with E-state index in [1.54, 1.807) is 11.3 Å². The van der Waals surface area contributed by atoms with Crippen LogP contribution in [0.5, 0.6) is 0 Å². The van der Waals surface area contributed by atoms with Crippen LogP contribution in [0.25, 0.3) is 10.4 Å². The maximum Gasteiger partial charge on any atom is 0.150 e. The van der Waals surface area contributed by atoms with Crippen LogP contribution in [0.4, 0.5) is 0 Å². The van der Waals surface area contributed by atoms with Crippen LogP contribution in [0.1, 0.15) is 21.5 Å². The minimum atomic E-state index is 0.760. The van der Waals surface area contributed by atoms with Gasteiger partial charge in [-0.1, -0.05) is 18.2 Å². The quantitative estimate of drug-likeness (QED) is 0.697. The zero-order valence-corrected chi connectivity index (χ0v) is 9.60. The number of hydrogen-bond donors (Lipinski definition) is 0. The Morgan fingerprint density at radius 3 is 2.73 bits per heavy atom. The van der Waals surface area contributed by atoms with Crippen molar-refractivity contribution in [2.24, 2.45) is 0 Å². The third kappa shape index (κ3) is 1.85. The largest absolute Gasteiger partial charge is 0.298 e. The lowest BCUT2D eigenvalue weighted by Crippen LogP contribution is -1.84. The van der Waals surface area contributed by atoms with E-state index in [9.17, 15) is 4.79 Å². The molecular formula is C13H12OS. The third-order valence-electron chi connectivity index (χ3n) is 2.63. The monoisotopic (exact) mass is 216 g/mol. The van der Waals surface area contributed by atoms with E-state index >= 15 is 0 Å². The van der Waals surface area contributed by atoms with Gasteiger partial charge in [-0.2, -0.15) is 0 Å². The lowest BCUT2D eigenvalue weighted by atomic mass is 10.0. The molecule has 2 aromatic rings. The van der Waals surface area contributed by atoms with Gasteiger partial charge >= 0.3 is 0 Å². The lowest BCUT2D eigenvalue weighted by Gasteiger charge is -2.05. The summed E-state index contributed by atoms with van der Waals surface area (Å²) in [5.41, 5.74) is 4.56. The van der Waals surface area contributed by atoms with Crippen LogP contribution < -0.4 is 0 Å². The molecule has 0 atom stereocenters. The van der Waals surface area contributed by atoms with Crippen LogP contribution in [0.2, 0.25) is 0 Å². The van der Waals surface area contributed by atoms with Gasteiger partial charge in [-0.25, -0.2) is 0 Å². The zero-order chi connectivity index (χ0) is 10.8. The molecule has 0 spiro atoms. The second-order valence-electron chi connectivity index (χ2n) is 3.61. The molecule has 2 rings (SSSR count). The molecule has 0 N–H and O–H groups in total. The molecule has 1 aromatic carbocycles. The molecule has 0 amide bonds. The maximum atomic E-state index is 10.6. The fourth-order valence-corrected chi connectivity index (χ4v) is 2.51. The lowest BCUT2D eigenvalue weighted by molar-refractivity contribution is 0.112. The normalized spacial score (nSPS) is 10.3. The fraction of sp³-hybridized carbons (Fsp3) is 0.154. The molecule has 2 heteroatoms. The summed E-state index contributed by atoms with van der Waals surface area (Å²) in [6, 6.07) is 8.20. The fourth-order valence-electron chi connectivity index (χ4n) is 1.57. The van der Waals surface area contributed by atoms with Gasteiger partial charge in [0.1, 0.15) is 0 Å². The van der Waals surface area contributed by atoms with E-state index in [1.807, 2.05) is 11.4 Å². The number of benzene rings is 1. The van der Waals surface area contributed by atoms with Gasteiger partial charge in [-0.05, 0) is 36.6 Å². The Labute approximate surface area is 93.4 Å². The number of rotatable bonds is 2. The first-order chi connectivity index (χ1) is 7.22. The molecule has 0 fully saturated rings. The predicted molar refractivity (Wildman–Crippen MR) is 64.6 cm³/mol. The van der Waals surface area contributed by atoms with Gasteiger partial charge in [0.15, 0.2) is 6.29 Å². The molecule has 0 aliphatic heterocycles. The number of thiophene rings is 1. The zero-order valence-electron chi connectivity index (χ0n) is 8.78. The topological polar surface area (TPSA) is 17.1 Å². The van der Waals surface area contributed by atoms with Crippen molar-refractivity contribution in [3.63, 3.8) is 0 Å². The summed E-state index contributed by atoms with van der Waals surface area (Å²) in [7, 11) is 0. The Balaban J connectivity index is 2.53. The van der Waals surface area contributed by atoms with Crippen molar-refractivity contribution in [1.82, 2.24) is 0 Å². The maximum absolute atomic E-state index is 10.6. The Hall–Kier alpha value is -1.41. The summed E-state index contributed by atoms with van der Waals surface area (Å²) in [6.45, 7) is 4.22. The van der Waals surface area contributed by atoms with Crippen LogP contribution in [-0.2, 0) is 0 Å². The van der Waals surface area contributed by atoms with E-state index in [0.29, 0.717) is 0 Å². The van der Waals surface area contributed by atoms with Gasteiger partial charge < -0.3 is 0 Å². The van der Waals surface area contributed by atoms with Gasteiger partial charge in [-0.3, -0.25) is 4.79 Å². The van der Waals surface area contributed by atoms with Crippen molar-refractivity contribution >= 4 is 17.6 Å². The SMILES string of the molecule is Cc1cccc(-c2cc(C=O)cs2)c1C. The average molecular weight is 216 g/mol. The molecular weight excluding hydrogens is 204 g/mol. The number of carbonyl (C=O) groups excluding carboxylic acids is 1. The average Bonchev–Trinajstić information content (AvgIpc) is 2.70. The van der Waals surface area contributed by atoms with E-state index in [2.05, 4.69) is 32.0 Å². The van der Waals surface area contributed by atoms with Gasteiger partial charge in [0, 0.05) is 15.8 Å². The molecule has 76 valence electrons. The molecule has 0 unspecified atom stereocenters. The highest BCUT2D eigenvalue weighted by Crippen LogP contribution is 2.30. The van der Waals surface area contributed by atoms with Crippen molar-refractivity contribution in [2.45, 2.75) is 13.8 Å². The summed E-state index contributed by atoms with van der Waals surface area (Å²) < 4.78 is 0. The molecule has 0 saturated heterocycles. The van der Waals surface area contributed by atoms with Gasteiger partial charge in [0.2, 0.25) is 0 Å². The van der Waals surface area contributed by atoms with Crippen molar-refractivity contribution in [1.29, 1.82) is 0 Å². The molecule has 0 aliphatic carbocycles. The molecule has 1 heterocycles. The van der Waals surface area contributed by atoms with E-state index in [-0.39, 0.29) is 0 Å². The first kappa shape index (κ1) is 10.1. The number of aldehydes is 1. The summed E-state index contributed by atoms with van der Waals surface area (Å²) >= 11 is 1.62. The smallest absolute Gasteiger partial charge is 0.150 e. The van der Waals surface area contributed by atoms with Crippen LogP contribution in [0, 0.1) is 13.8 Å². The number of carbonyl (C=O) groups is 1. The van der Waals surface area contributed by atoms with Crippen molar-refractivity contribution in [2.75, 3.05) is 0 Å². The first-order valence-corrected chi connectivity index (χ1v) is 5.70. The van der Waals surface area contributed by atoms with Crippen LogP contribution >= 0.6 is 11.3 Å². The van der Waals surface area contributed by atoms with Crippen molar-refractivity contribution in [3.8, 4) is 10.4 Å².